The zero-order valence-electron chi connectivity index (χ0n) is 42.9. The molecule has 5 heterocycles. The van der Waals surface area contributed by atoms with E-state index >= 15 is 0 Å². The van der Waals surface area contributed by atoms with Crippen molar-refractivity contribution in [3.63, 3.8) is 0 Å². The fourth-order valence-corrected chi connectivity index (χ4v) is 10.4. The molecule has 2 amide bonds. The highest BCUT2D eigenvalue weighted by atomic mass is 19.2. The van der Waals surface area contributed by atoms with Crippen LogP contribution in [0.5, 0.6) is 0 Å². The Morgan fingerprint density at radius 3 is 2.13 bits per heavy atom. The van der Waals surface area contributed by atoms with Gasteiger partial charge in [-0.1, -0.05) is 43.7 Å². The number of likely N-dealkylation sites (tertiary alicyclic amines) is 1. The minimum absolute atomic E-state index is 0.0992. The van der Waals surface area contributed by atoms with Crippen molar-refractivity contribution in [1.29, 1.82) is 0 Å². The summed E-state index contributed by atoms with van der Waals surface area (Å²) >= 11 is 0. The molecule has 27 heteroatoms. The minimum atomic E-state index is -1.76. The molecule has 432 valence electrons. The number of amides is 2. The van der Waals surface area contributed by atoms with Crippen LogP contribution in [0.4, 0.5) is 13.2 Å². The Labute approximate surface area is 445 Å². The van der Waals surface area contributed by atoms with Crippen LogP contribution < -0.4 is 5.32 Å². The summed E-state index contributed by atoms with van der Waals surface area (Å²) in [5.74, 6) is -7.98. The van der Waals surface area contributed by atoms with Gasteiger partial charge in [0.05, 0.1) is 49.9 Å². The van der Waals surface area contributed by atoms with Crippen LogP contribution in [0, 0.1) is 29.3 Å². The van der Waals surface area contributed by atoms with Gasteiger partial charge in [0.2, 0.25) is 5.91 Å². The maximum Gasteiger partial charge on any atom is 0.338 e. The molecule has 1 aromatic heterocycles. The molecule has 1 saturated carbocycles. The predicted molar refractivity (Wildman–Crippen MR) is 257 cm³/mol. The number of esters is 1. The normalized spacial score (nSPS) is 35.6. The molecular formula is C51H68F3N5O19. The average molecular weight is 1110 g/mol. The number of carbonyl (C=O) groups excluding carboxylic acids is 3. The van der Waals surface area contributed by atoms with Crippen molar-refractivity contribution < 1.29 is 106 Å². The van der Waals surface area contributed by atoms with E-state index in [1.165, 1.54) is 19.1 Å². The van der Waals surface area contributed by atoms with Crippen molar-refractivity contribution in [1.82, 2.24) is 25.2 Å². The second-order valence-electron chi connectivity index (χ2n) is 20.3. The summed E-state index contributed by atoms with van der Waals surface area (Å²) in [4.78, 5) is 43.4. The fraction of sp³-hybridized carbons (Fsp3) is 0.667. The zero-order chi connectivity index (χ0) is 56.1. The molecule has 12 unspecified atom stereocenters. The summed E-state index contributed by atoms with van der Waals surface area (Å²) in [5, 5.41) is 97.6. The number of aromatic nitrogens is 3. The van der Waals surface area contributed by atoms with Crippen LogP contribution in [-0.2, 0) is 47.5 Å². The van der Waals surface area contributed by atoms with Gasteiger partial charge in [0.1, 0.15) is 72.8 Å². The highest BCUT2D eigenvalue weighted by Gasteiger charge is 2.54. The van der Waals surface area contributed by atoms with Crippen LogP contribution >= 0.6 is 0 Å². The molecule has 2 aromatic carbocycles. The van der Waals surface area contributed by atoms with Gasteiger partial charge in [0, 0.05) is 31.1 Å². The Kier molecular flexibility index (Phi) is 19.9. The van der Waals surface area contributed by atoms with Crippen LogP contribution in [0.1, 0.15) is 69.3 Å². The topological polar surface area (TPSA) is 333 Å². The molecule has 0 radical (unpaired) electrons. The summed E-state index contributed by atoms with van der Waals surface area (Å²) in [7, 11) is 0. The van der Waals surface area contributed by atoms with Gasteiger partial charge in [-0.25, -0.2) is 22.6 Å². The van der Waals surface area contributed by atoms with Crippen molar-refractivity contribution in [3.8, 4) is 11.3 Å². The number of nitrogens with zero attached hydrogens (tertiary/aromatic N) is 4. The number of halogens is 3. The predicted octanol–water partition coefficient (Wildman–Crippen LogP) is -0.791. The molecule has 78 heavy (non-hydrogen) atoms. The van der Waals surface area contributed by atoms with Gasteiger partial charge in [-0.3, -0.25) is 9.59 Å². The van der Waals surface area contributed by atoms with Gasteiger partial charge in [0.15, 0.2) is 42.4 Å². The number of ether oxygens (including phenoxy) is 8. The largest absolute Gasteiger partial charge is 0.450 e. The van der Waals surface area contributed by atoms with E-state index in [9.17, 15) is 68.4 Å². The first kappa shape index (κ1) is 59.3. The van der Waals surface area contributed by atoms with Crippen LogP contribution in [0.25, 0.3) is 11.3 Å². The molecule has 0 spiro atoms. The quantitative estimate of drug-likeness (QED) is 0.0380. The highest BCUT2D eigenvalue weighted by Crippen LogP contribution is 2.40. The number of aliphatic hydroxyl groups excluding tert-OH is 8. The lowest BCUT2D eigenvalue weighted by Crippen LogP contribution is -2.64. The maximum atomic E-state index is 14.2. The van der Waals surface area contributed by atoms with Crippen molar-refractivity contribution in [2.45, 2.75) is 163 Å². The zero-order valence-corrected chi connectivity index (χ0v) is 42.9. The smallest absolute Gasteiger partial charge is 0.338 e. The van der Waals surface area contributed by atoms with Crippen LogP contribution in [0.15, 0.2) is 48.7 Å². The Balaban J connectivity index is 1.01. The second kappa shape index (κ2) is 26.2. The number of hydrogen-bond acceptors (Lipinski definition) is 21. The van der Waals surface area contributed by atoms with Crippen molar-refractivity contribution >= 4 is 17.8 Å². The minimum Gasteiger partial charge on any atom is -0.450 e. The molecule has 4 saturated heterocycles. The monoisotopic (exact) mass is 1110 g/mol. The van der Waals surface area contributed by atoms with Gasteiger partial charge in [0.25, 0.3) is 5.91 Å². The third-order valence-electron chi connectivity index (χ3n) is 14.9. The number of rotatable bonds is 20. The number of benzene rings is 2. The lowest BCUT2D eigenvalue weighted by atomic mass is 9.77. The summed E-state index contributed by atoms with van der Waals surface area (Å²) in [6.45, 7) is 3.92. The second-order valence-corrected chi connectivity index (χ2v) is 20.3. The van der Waals surface area contributed by atoms with Crippen molar-refractivity contribution in [2.24, 2.45) is 11.8 Å². The summed E-state index contributed by atoms with van der Waals surface area (Å²) < 4.78 is 91.7. The standard InChI is InChI=1S/C51H68F3N5O19/c1-4-9-31(47(69)58-13-8-14-58)73-44-39(64)34(22-61)76-51(45(44)77-48(70)25-10-6-5-7-11-25)74-32-19-27(16-23(2)43(32)78-50-42(67)41(66)37(62)24(3)72-50)46(68)55-12-15-71-49-40(65)36(38(63)33(21-60)75-49)59-20-30(56-57-59)26-17-28(52)35(54)29(53)18-26/h5-7,10-11,17-18,20,23-24,27,31-34,36-45,49-51,60-67H,4,8-9,12-16,19,21-22H2,1-3H3,(H,55,68)/t23?,24?,27?,31-,32+,33?,34?,36?,37+,38+,39-,40?,41?,42?,43?,44?,45?,49-,50-,51+/m0/s1. The number of aliphatic hydroxyl groups is 8. The molecule has 24 nitrogen and oxygen atoms in total. The van der Waals surface area contributed by atoms with E-state index in [4.69, 9.17) is 37.9 Å². The average Bonchev–Trinajstić information content (AvgIpc) is 3.93. The highest BCUT2D eigenvalue weighted by molar-refractivity contribution is 5.89. The van der Waals surface area contributed by atoms with E-state index in [0.29, 0.717) is 31.6 Å². The molecule has 0 bridgehead atoms. The van der Waals surface area contributed by atoms with Crippen molar-refractivity contribution in [3.05, 3.63) is 71.7 Å². The number of hydrogen-bond donors (Lipinski definition) is 9. The molecule has 20 atom stereocenters. The van der Waals surface area contributed by atoms with E-state index in [1.807, 2.05) is 6.92 Å². The lowest BCUT2D eigenvalue weighted by molar-refractivity contribution is -0.349. The van der Waals surface area contributed by atoms with Gasteiger partial charge in [-0.15, -0.1) is 5.10 Å². The first-order valence-electron chi connectivity index (χ1n) is 26.1. The van der Waals surface area contributed by atoms with Crippen molar-refractivity contribution in [2.75, 3.05) is 39.5 Å². The Morgan fingerprint density at radius 2 is 1.47 bits per heavy atom. The number of carbonyl (C=O) groups is 3. The van der Waals surface area contributed by atoms with Crippen LogP contribution in [0.3, 0.4) is 0 Å². The summed E-state index contributed by atoms with van der Waals surface area (Å²) in [5.41, 5.74) is -0.249. The molecule has 5 aliphatic rings. The molecule has 3 aromatic rings. The first-order valence-corrected chi connectivity index (χ1v) is 26.1. The van der Waals surface area contributed by atoms with Gasteiger partial charge < -0.3 is 89.0 Å². The molecule has 4 aliphatic heterocycles. The molecule has 9 N–H and O–H groups in total. The first-order chi connectivity index (χ1) is 37.3. The Bertz CT molecular complexity index is 2460. The van der Waals surface area contributed by atoms with E-state index in [1.54, 1.807) is 30.0 Å². The maximum absolute atomic E-state index is 14.2. The van der Waals surface area contributed by atoms with Crippen LogP contribution in [0.2, 0.25) is 0 Å². The molecule has 1 aliphatic carbocycles. The third kappa shape index (κ3) is 13.0. The lowest BCUT2D eigenvalue weighted by Gasteiger charge is -2.48. The van der Waals surface area contributed by atoms with E-state index in [2.05, 4.69) is 15.6 Å². The third-order valence-corrected chi connectivity index (χ3v) is 14.9. The Hall–Kier alpha value is -4.82. The van der Waals surface area contributed by atoms with Gasteiger partial charge in [-0.05, 0) is 62.8 Å². The van der Waals surface area contributed by atoms with Gasteiger partial charge >= 0.3 is 5.97 Å². The summed E-state index contributed by atoms with van der Waals surface area (Å²) in [6, 6.07) is 7.82. The fourth-order valence-electron chi connectivity index (χ4n) is 10.4. The molecule has 8 rings (SSSR count). The van der Waals surface area contributed by atoms with Crippen LogP contribution in [-0.4, -0.2) is 222 Å². The summed E-state index contributed by atoms with van der Waals surface area (Å²) in [6.07, 6.45) is -22.6. The Morgan fingerprint density at radius 1 is 0.795 bits per heavy atom. The van der Waals surface area contributed by atoms with Gasteiger partial charge in [-0.2, -0.15) is 0 Å². The van der Waals surface area contributed by atoms with E-state index in [-0.39, 0.29) is 55.1 Å². The molecule has 5 fully saturated rings. The molecular weight excluding hydrogens is 1040 g/mol. The van der Waals surface area contributed by atoms with E-state index in [0.717, 1.165) is 17.3 Å². The number of nitrogens with one attached hydrogen (secondary N) is 1. The van der Waals surface area contributed by atoms with E-state index < -0.39 is 165 Å². The SMILES string of the molecule is CCC[C@H](OC1C(OC(=O)c2ccccc2)[C@H](O[C@@H]2CC(C(=O)NCCO[C@H]3OC(CO)[C@@H](O)C(n4cc(-c5cc(F)c(F)c(F)c5)nn4)C3O)CC(C)C2O[C@@H]2OC(C)[C@@H](O)C(O)C2O)OC(CO)[C@@H]1O)C(=O)N1CCC1.